The Kier molecular flexibility index (Phi) is 7.55. The lowest BCUT2D eigenvalue weighted by molar-refractivity contribution is -0.123. The number of nitrogens with one attached hydrogen (secondary N) is 1. The van der Waals surface area contributed by atoms with Crippen molar-refractivity contribution in [3.8, 4) is 5.75 Å². The van der Waals surface area contributed by atoms with Crippen LogP contribution in [0.15, 0.2) is 54.6 Å². The normalized spacial score (nSPS) is 12.1. The fourth-order valence-electron chi connectivity index (χ4n) is 2.89. The summed E-state index contributed by atoms with van der Waals surface area (Å²) >= 11 is 0. The highest BCUT2D eigenvalue weighted by Crippen LogP contribution is 2.15. The van der Waals surface area contributed by atoms with Crippen LogP contribution in [0.25, 0.3) is 0 Å². The van der Waals surface area contributed by atoms with Gasteiger partial charge in [-0.05, 0) is 44.3 Å². The highest BCUT2D eigenvalue weighted by atomic mass is 16.5. The van der Waals surface area contributed by atoms with Gasteiger partial charge < -0.3 is 15.0 Å². The standard InChI is InChI=1S/C22H28N2O3/c1-16(2)20(24(3)4)14-23-21(25)15-27-19-12-10-18(11-13-19)22(26)17-8-6-5-7-9-17/h5-13,16,20H,14-15H2,1-4H3,(H,23,25). The smallest absolute Gasteiger partial charge is 0.257 e. The molecule has 5 nitrogen and oxygen atoms in total. The van der Waals surface area contributed by atoms with Crippen molar-refractivity contribution in [1.82, 2.24) is 10.2 Å². The monoisotopic (exact) mass is 368 g/mol. The Morgan fingerprint density at radius 3 is 2.11 bits per heavy atom. The van der Waals surface area contributed by atoms with Crippen LogP contribution in [-0.4, -0.2) is 49.9 Å². The molecular weight excluding hydrogens is 340 g/mol. The Morgan fingerprint density at radius 2 is 1.56 bits per heavy atom. The van der Waals surface area contributed by atoms with Gasteiger partial charge in [-0.1, -0.05) is 44.2 Å². The summed E-state index contributed by atoms with van der Waals surface area (Å²) in [5.41, 5.74) is 1.23. The Morgan fingerprint density at radius 1 is 0.963 bits per heavy atom. The Labute approximate surface area is 161 Å². The number of hydrogen-bond donors (Lipinski definition) is 1. The number of amides is 1. The highest BCUT2D eigenvalue weighted by Gasteiger charge is 2.16. The average Bonchev–Trinajstić information content (AvgIpc) is 2.66. The van der Waals surface area contributed by atoms with Crippen LogP contribution in [0.2, 0.25) is 0 Å². The molecule has 0 aliphatic carbocycles. The minimum atomic E-state index is -0.160. The van der Waals surface area contributed by atoms with E-state index in [0.717, 1.165) is 0 Å². The zero-order valence-corrected chi connectivity index (χ0v) is 16.4. The average molecular weight is 368 g/mol. The van der Waals surface area contributed by atoms with E-state index in [0.29, 0.717) is 29.3 Å². The molecule has 1 atom stereocenters. The van der Waals surface area contributed by atoms with Crippen molar-refractivity contribution in [2.45, 2.75) is 19.9 Å². The molecule has 1 amide bonds. The maximum Gasteiger partial charge on any atom is 0.257 e. The van der Waals surface area contributed by atoms with Crippen molar-refractivity contribution in [2.24, 2.45) is 5.92 Å². The SMILES string of the molecule is CC(C)C(CNC(=O)COc1ccc(C(=O)c2ccccc2)cc1)N(C)C. The number of likely N-dealkylation sites (N-methyl/N-ethyl adjacent to an activating group) is 1. The second-order valence-corrected chi connectivity index (χ2v) is 7.09. The molecule has 1 N–H and O–H groups in total. The van der Waals surface area contributed by atoms with Crippen molar-refractivity contribution in [1.29, 1.82) is 0 Å². The molecule has 0 saturated carbocycles. The number of carbonyl (C=O) groups is 2. The van der Waals surface area contributed by atoms with E-state index in [1.54, 1.807) is 36.4 Å². The molecule has 0 bridgehead atoms. The molecule has 0 aromatic heterocycles. The molecule has 2 aromatic rings. The zero-order chi connectivity index (χ0) is 19.8. The highest BCUT2D eigenvalue weighted by molar-refractivity contribution is 6.08. The Bertz CT molecular complexity index is 732. The molecule has 2 rings (SSSR count). The number of ketones is 1. The third-order valence-corrected chi connectivity index (χ3v) is 4.46. The molecule has 0 radical (unpaired) electrons. The van der Waals surface area contributed by atoms with Crippen molar-refractivity contribution < 1.29 is 14.3 Å². The van der Waals surface area contributed by atoms with E-state index in [2.05, 4.69) is 24.1 Å². The summed E-state index contributed by atoms with van der Waals surface area (Å²) < 4.78 is 5.52. The van der Waals surface area contributed by atoms with E-state index < -0.39 is 0 Å². The van der Waals surface area contributed by atoms with Crippen LogP contribution in [-0.2, 0) is 4.79 Å². The van der Waals surface area contributed by atoms with Gasteiger partial charge in [0.15, 0.2) is 12.4 Å². The minimum absolute atomic E-state index is 0.0386. The molecule has 5 heteroatoms. The fraction of sp³-hybridized carbons (Fsp3) is 0.364. The van der Waals surface area contributed by atoms with Gasteiger partial charge in [0.25, 0.3) is 5.91 Å². The van der Waals surface area contributed by atoms with E-state index in [1.807, 2.05) is 32.3 Å². The van der Waals surface area contributed by atoms with Gasteiger partial charge in [-0.25, -0.2) is 0 Å². The molecule has 0 fully saturated rings. The van der Waals surface area contributed by atoms with E-state index >= 15 is 0 Å². The molecule has 2 aromatic carbocycles. The molecule has 0 heterocycles. The first kappa shape index (κ1) is 20.6. The van der Waals surface area contributed by atoms with Gasteiger partial charge in [0.1, 0.15) is 5.75 Å². The van der Waals surface area contributed by atoms with Gasteiger partial charge in [-0.2, -0.15) is 0 Å². The number of hydrogen-bond acceptors (Lipinski definition) is 4. The second kappa shape index (κ2) is 9.88. The molecule has 0 aliphatic rings. The summed E-state index contributed by atoms with van der Waals surface area (Å²) in [5.74, 6) is 0.800. The van der Waals surface area contributed by atoms with Gasteiger partial charge in [-0.3, -0.25) is 9.59 Å². The van der Waals surface area contributed by atoms with Crippen LogP contribution in [0.4, 0.5) is 0 Å². The largest absolute Gasteiger partial charge is 0.484 e. The van der Waals surface area contributed by atoms with Crippen LogP contribution < -0.4 is 10.1 Å². The maximum atomic E-state index is 12.4. The Hall–Kier alpha value is -2.66. The molecule has 0 aliphatic heterocycles. The predicted octanol–water partition coefficient (Wildman–Crippen LogP) is 3.00. The van der Waals surface area contributed by atoms with Gasteiger partial charge >= 0.3 is 0 Å². The van der Waals surface area contributed by atoms with Crippen LogP contribution >= 0.6 is 0 Å². The fourth-order valence-corrected chi connectivity index (χ4v) is 2.89. The van der Waals surface area contributed by atoms with E-state index in [1.165, 1.54) is 0 Å². The third kappa shape index (κ3) is 6.22. The number of ether oxygens (including phenoxy) is 1. The maximum absolute atomic E-state index is 12.4. The molecule has 0 saturated heterocycles. The lowest BCUT2D eigenvalue weighted by atomic mass is 10.0. The van der Waals surface area contributed by atoms with Crippen molar-refractivity contribution >= 4 is 11.7 Å². The second-order valence-electron chi connectivity index (χ2n) is 7.09. The van der Waals surface area contributed by atoms with Gasteiger partial charge in [-0.15, -0.1) is 0 Å². The first-order valence-corrected chi connectivity index (χ1v) is 9.14. The van der Waals surface area contributed by atoms with Crippen molar-refractivity contribution in [2.75, 3.05) is 27.2 Å². The number of nitrogens with zero attached hydrogens (tertiary/aromatic N) is 1. The van der Waals surface area contributed by atoms with Crippen LogP contribution in [0.3, 0.4) is 0 Å². The summed E-state index contributed by atoms with van der Waals surface area (Å²) in [4.78, 5) is 26.5. The minimum Gasteiger partial charge on any atom is -0.484 e. The topological polar surface area (TPSA) is 58.6 Å². The molecule has 0 spiro atoms. The number of rotatable bonds is 9. The lowest BCUT2D eigenvalue weighted by Gasteiger charge is -2.28. The summed E-state index contributed by atoms with van der Waals surface area (Å²) in [6.07, 6.45) is 0. The van der Waals surface area contributed by atoms with E-state index in [-0.39, 0.29) is 24.3 Å². The zero-order valence-electron chi connectivity index (χ0n) is 16.4. The van der Waals surface area contributed by atoms with Gasteiger partial charge in [0.05, 0.1) is 0 Å². The quantitative estimate of drug-likeness (QED) is 0.691. The van der Waals surface area contributed by atoms with E-state index in [4.69, 9.17) is 4.74 Å². The lowest BCUT2D eigenvalue weighted by Crippen LogP contribution is -2.44. The first-order chi connectivity index (χ1) is 12.9. The predicted molar refractivity (Wildman–Crippen MR) is 107 cm³/mol. The number of carbonyl (C=O) groups excluding carboxylic acids is 2. The van der Waals surface area contributed by atoms with Gasteiger partial charge in [0.2, 0.25) is 0 Å². The van der Waals surface area contributed by atoms with Crippen molar-refractivity contribution in [3.63, 3.8) is 0 Å². The third-order valence-electron chi connectivity index (χ3n) is 4.46. The van der Waals surface area contributed by atoms with Crippen LogP contribution in [0.5, 0.6) is 5.75 Å². The molecule has 144 valence electrons. The molecule has 1 unspecified atom stereocenters. The first-order valence-electron chi connectivity index (χ1n) is 9.14. The number of benzene rings is 2. The summed E-state index contributed by atoms with van der Waals surface area (Å²) in [5, 5.41) is 2.91. The summed E-state index contributed by atoms with van der Waals surface area (Å²) in [6.45, 7) is 4.79. The van der Waals surface area contributed by atoms with Gasteiger partial charge in [0, 0.05) is 23.7 Å². The van der Waals surface area contributed by atoms with Crippen LogP contribution in [0, 0.1) is 5.92 Å². The molecule has 27 heavy (non-hydrogen) atoms. The summed E-state index contributed by atoms with van der Waals surface area (Å²) in [7, 11) is 4.01. The van der Waals surface area contributed by atoms with Crippen LogP contribution in [0.1, 0.15) is 29.8 Å². The summed E-state index contributed by atoms with van der Waals surface area (Å²) in [6, 6.07) is 16.2. The van der Waals surface area contributed by atoms with Crippen molar-refractivity contribution in [3.05, 3.63) is 65.7 Å². The Balaban J connectivity index is 1.84. The molecular formula is C22H28N2O3. The van der Waals surface area contributed by atoms with E-state index in [9.17, 15) is 9.59 Å².